The summed E-state index contributed by atoms with van der Waals surface area (Å²) in [6.07, 6.45) is 6.73. The minimum atomic E-state index is 0.912. The summed E-state index contributed by atoms with van der Waals surface area (Å²) in [5, 5.41) is 3.41. The third-order valence-electron chi connectivity index (χ3n) is 2.49. The van der Waals surface area contributed by atoms with E-state index >= 15 is 0 Å². The molecule has 0 spiro atoms. The van der Waals surface area contributed by atoms with Crippen LogP contribution in [0, 0.1) is 6.92 Å². The van der Waals surface area contributed by atoms with Crippen molar-refractivity contribution in [2.45, 2.75) is 19.9 Å². The quantitative estimate of drug-likeness (QED) is 0.804. The van der Waals surface area contributed by atoms with E-state index in [1.165, 1.54) is 16.0 Å². The molecule has 0 aliphatic rings. The number of hydrogen-bond acceptors (Lipinski definition) is 4. The van der Waals surface area contributed by atoms with E-state index in [2.05, 4.69) is 28.3 Å². The van der Waals surface area contributed by atoms with Gasteiger partial charge in [0.1, 0.15) is 0 Å². The molecule has 2 rings (SSSR count). The number of aryl methyl sites for hydroxylation is 1. The van der Waals surface area contributed by atoms with Crippen LogP contribution in [0.2, 0.25) is 0 Å². The van der Waals surface area contributed by atoms with Crippen LogP contribution in [0.1, 0.15) is 16.0 Å². The van der Waals surface area contributed by atoms with Crippen LogP contribution in [0.15, 0.2) is 30.2 Å². The van der Waals surface area contributed by atoms with Gasteiger partial charge in [-0.25, -0.2) is 0 Å². The largest absolute Gasteiger partial charge is 0.311 e. The molecule has 0 saturated heterocycles. The van der Waals surface area contributed by atoms with E-state index in [-0.39, 0.29) is 0 Å². The third kappa shape index (κ3) is 3.12. The highest BCUT2D eigenvalue weighted by molar-refractivity contribution is 7.09. The van der Waals surface area contributed by atoms with Gasteiger partial charge < -0.3 is 5.32 Å². The molecule has 0 saturated carbocycles. The number of pyridine rings is 1. The minimum Gasteiger partial charge on any atom is -0.311 e. The Balaban J connectivity index is 1.74. The van der Waals surface area contributed by atoms with Gasteiger partial charge in [0.2, 0.25) is 0 Å². The lowest BCUT2D eigenvalue weighted by molar-refractivity contribution is 0.691. The number of hydrogen-bond donors (Lipinski definition) is 1. The van der Waals surface area contributed by atoms with Crippen LogP contribution in [-0.4, -0.2) is 16.5 Å². The van der Waals surface area contributed by atoms with Crippen LogP contribution in [0.4, 0.5) is 0 Å². The lowest BCUT2D eigenvalue weighted by atomic mass is 10.1. The topological polar surface area (TPSA) is 37.8 Å². The molecule has 2 aromatic heterocycles. The summed E-state index contributed by atoms with van der Waals surface area (Å²) in [7, 11) is 0. The first-order valence-corrected chi connectivity index (χ1v) is 6.22. The van der Waals surface area contributed by atoms with E-state index in [4.69, 9.17) is 0 Å². The van der Waals surface area contributed by atoms with Crippen molar-refractivity contribution in [3.8, 4) is 0 Å². The monoisotopic (exact) mass is 233 g/mol. The molecule has 16 heavy (non-hydrogen) atoms. The number of nitrogens with zero attached hydrogens (tertiary/aromatic N) is 2. The third-order valence-corrected chi connectivity index (χ3v) is 3.27. The summed E-state index contributed by atoms with van der Waals surface area (Å²) in [5.74, 6) is 0. The normalized spacial score (nSPS) is 10.6. The molecule has 4 heteroatoms. The molecule has 0 atom stereocenters. The molecule has 1 N–H and O–H groups in total. The van der Waals surface area contributed by atoms with Gasteiger partial charge in [0.25, 0.3) is 0 Å². The highest BCUT2D eigenvalue weighted by Gasteiger charge is 1.98. The van der Waals surface area contributed by atoms with E-state index in [9.17, 15) is 0 Å². The SMILES string of the molecule is Cc1cnccc1CCNCc1cncs1. The van der Waals surface area contributed by atoms with Gasteiger partial charge in [-0.1, -0.05) is 0 Å². The molecule has 2 heterocycles. The zero-order valence-corrected chi connectivity index (χ0v) is 10.1. The second-order valence-corrected chi connectivity index (χ2v) is 4.67. The first-order chi connectivity index (χ1) is 7.86. The number of nitrogens with one attached hydrogen (secondary N) is 1. The van der Waals surface area contributed by atoms with Gasteiger partial charge in [-0.2, -0.15) is 0 Å². The molecule has 0 radical (unpaired) electrons. The van der Waals surface area contributed by atoms with Gasteiger partial charge in [-0.3, -0.25) is 9.97 Å². The fourth-order valence-corrected chi connectivity index (χ4v) is 2.11. The zero-order chi connectivity index (χ0) is 11.2. The molecule has 0 aromatic carbocycles. The summed E-state index contributed by atoms with van der Waals surface area (Å²) < 4.78 is 0. The Morgan fingerprint density at radius 2 is 2.25 bits per heavy atom. The second kappa shape index (κ2) is 5.72. The Labute approximate surface area is 99.6 Å². The second-order valence-electron chi connectivity index (χ2n) is 3.70. The maximum atomic E-state index is 4.09. The minimum absolute atomic E-state index is 0.912. The highest BCUT2D eigenvalue weighted by Crippen LogP contribution is 2.06. The van der Waals surface area contributed by atoms with Gasteiger partial charge in [-0.05, 0) is 37.1 Å². The van der Waals surface area contributed by atoms with Gasteiger partial charge in [-0.15, -0.1) is 11.3 Å². The summed E-state index contributed by atoms with van der Waals surface area (Å²) in [6.45, 7) is 4.00. The van der Waals surface area contributed by atoms with E-state index < -0.39 is 0 Å². The maximum absolute atomic E-state index is 4.09. The Morgan fingerprint density at radius 3 is 3.00 bits per heavy atom. The molecular weight excluding hydrogens is 218 g/mol. The summed E-state index contributed by atoms with van der Waals surface area (Å²) >= 11 is 1.69. The van der Waals surface area contributed by atoms with E-state index in [1.54, 1.807) is 11.3 Å². The van der Waals surface area contributed by atoms with Crippen molar-refractivity contribution in [3.63, 3.8) is 0 Å². The Hall–Kier alpha value is -1.26. The van der Waals surface area contributed by atoms with Crippen LogP contribution in [0.5, 0.6) is 0 Å². The molecule has 0 unspecified atom stereocenters. The molecule has 0 fully saturated rings. The average Bonchev–Trinajstić information content (AvgIpc) is 2.79. The predicted molar refractivity (Wildman–Crippen MR) is 66.5 cm³/mol. The standard InChI is InChI=1S/C12H15N3S/c1-10-6-13-4-2-11(10)3-5-14-7-12-8-15-9-16-12/h2,4,6,8-9,14H,3,5,7H2,1H3. The molecule has 3 nitrogen and oxygen atoms in total. The van der Waals surface area contributed by atoms with Crippen molar-refractivity contribution in [1.82, 2.24) is 15.3 Å². The molecule has 0 amide bonds. The van der Waals surface area contributed by atoms with Crippen molar-refractivity contribution in [2.24, 2.45) is 0 Å². The van der Waals surface area contributed by atoms with Crippen LogP contribution in [0.3, 0.4) is 0 Å². The fourth-order valence-electron chi connectivity index (χ4n) is 1.55. The van der Waals surface area contributed by atoms with Crippen molar-refractivity contribution in [2.75, 3.05) is 6.54 Å². The number of thiazole rings is 1. The van der Waals surface area contributed by atoms with Crippen molar-refractivity contribution in [3.05, 3.63) is 46.2 Å². The molecule has 2 aromatic rings. The molecular formula is C12H15N3S. The van der Waals surface area contributed by atoms with Gasteiger partial charge in [0.05, 0.1) is 5.51 Å². The van der Waals surface area contributed by atoms with Crippen LogP contribution in [-0.2, 0) is 13.0 Å². The van der Waals surface area contributed by atoms with E-state index in [1.807, 2.05) is 24.1 Å². The average molecular weight is 233 g/mol. The lowest BCUT2D eigenvalue weighted by Crippen LogP contribution is -2.16. The van der Waals surface area contributed by atoms with Crippen LogP contribution >= 0.6 is 11.3 Å². The maximum Gasteiger partial charge on any atom is 0.0794 e. The smallest absolute Gasteiger partial charge is 0.0794 e. The summed E-state index contributed by atoms with van der Waals surface area (Å²) in [6, 6.07) is 2.09. The Morgan fingerprint density at radius 1 is 1.31 bits per heavy atom. The van der Waals surface area contributed by atoms with Gasteiger partial charge in [0, 0.05) is 30.0 Å². The molecule has 84 valence electrons. The Kier molecular flexibility index (Phi) is 4.02. The molecule has 0 aliphatic carbocycles. The fraction of sp³-hybridized carbons (Fsp3) is 0.333. The van der Waals surface area contributed by atoms with Crippen LogP contribution < -0.4 is 5.32 Å². The zero-order valence-electron chi connectivity index (χ0n) is 9.31. The molecule has 0 bridgehead atoms. The number of aromatic nitrogens is 2. The van der Waals surface area contributed by atoms with Crippen molar-refractivity contribution >= 4 is 11.3 Å². The van der Waals surface area contributed by atoms with Crippen molar-refractivity contribution < 1.29 is 0 Å². The Bertz CT molecular complexity index is 426. The van der Waals surface area contributed by atoms with E-state index in [0.29, 0.717) is 0 Å². The van der Waals surface area contributed by atoms with Crippen LogP contribution in [0.25, 0.3) is 0 Å². The number of rotatable bonds is 5. The molecule has 0 aliphatic heterocycles. The van der Waals surface area contributed by atoms with Crippen molar-refractivity contribution in [1.29, 1.82) is 0 Å². The lowest BCUT2D eigenvalue weighted by Gasteiger charge is -2.05. The predicted octanol–water partition coefficient (Wildman–Crippen LogP) is 2.18. The summed E-state index contributed by atoms with van der Waals surface area (Å²) in [5.41, 5.74) is 4.50. The van der Waals surface area contributed by atoms with Gasteiger partial charge in [0.15, 0.2) is 0 Å². The first kappa shape index (κ1) is 11.2. The van der Waals surface area contributed by atoms with Gasteiger partial charge >= 0.3 is 0 Å². The summed E-state index contributed by atoms with van der Waals surface area (Å²) in [4.78, 5) is 9.41. The first-order valence-electron chi connectivity index (χ1n) is 5.34. The highest BCUT2D eigenvalue weighted by atomic mass is 32.1. The van der Waals surface area contributed by atoms with E-state index in [0.717, 1.165) is 19.5 Å².